The molecule has 0 spiro atoms. The number of nitrogens with one attached hydrogen (secondary N) is 2. The van der Waals surface area contributed by atoms with E-state index in [-0.39, 0.29) is 18.0 Å². The highest BCUT2D eigenvalue weighted by Crippen LogP contribution is 2.30. The maximum absolute atomic E-state index is 13.2. The minimum Gasteiger partial charge on any atom is -0.376 e. The fourth-order valence-corrected chi connectivity index (χ4v) is 3.50. The van der Waals surface area contributed by atoms with Crippen LogP contribution in [0.1, 0.15) is 16.7 Å². The molecule has 34 heavy (non-hydrogen) atoms. The van der Waals surface area contributed by atoms with E-state index in [0.29, 0.717) is 6.54 Å². The molecule has 0 radical (unpaired) electrons. The number of hydrazone groups is 1. The van der Waals surface area contributed by atoms with Gasteiger partial charge in [0, 0.05) is 34.9 Å². The number of hydrogen-bond acceptors (Lipinski definition) is 3. The molecule has 0 aliphatic rings. The number of para-hydroxylation sites is 1. The molecule has 1 amide bonds. The van der Waals surface area contributed by atoms with E-state index >= 15 is 0 Å². The normalized spacial score (nSPS) is 11.8. The molecule has 0 bridgehead atoms. The van der Waals surface area contributed by atoms with Gasteiger partial charge in [-0.25, -0.2) is 9.82 Å². The van der Waals surface area contributed by atoms with Crippen LogP contribution in [0.5, 0.6) is 0 Å². The maximum Gasteiger partial charge on any atom is 0.416 e. The average Bonchev–Trinajstić information content (AvgIpc) is 3.16. The van der Waals surface area contributed by atoms with Crippen LogP contribution in [0.2, 0.25) is 0 Å². The SMILES string of the molecule is O=C(CNc1cccc(C(F)(F)F)c1)N/N=C\c1cn(Cc2ccc(F)cc2)c2ccccc12. The molecule has 0 fully saturated rings. The standard InChI is InChI=1S/C25H20F4N4O/c26-20-10-8-17(9-11-20)15-33-16-18(22-6-1-2-7-23(22)33)13-31-32-24(34)14-30-21-5-3-4-19(12-21)25(27,28)29/h1-13,16,30H,14-15H2,(H,32,34)/b31-13-. The second-order valence-corrected chi connectivity index (χ2v) is 7.58. The lowest BCUT2D eigenvalue weighted by Crippen LogP contribution is -2.26. The van der Waals surface area contributed by atoms with E-state index in [1.54, 1.807) is 12.1 Å². The minimum absolute atomic E-state index is 0.179. The van der Waals surface area contributed by atoms with Gasteiger partial charge in [0.05, 0.1) is 18.3 Å². The lowest BCUT2D eigenvalue weighted by Gasteiger charge is -2.09. The molecule has 0 unspecified atom stereocenters. The Balaban J connectivity index is 1.40. The molecule has 174 valence electrons. The van der Waals surface area contributed by atoms with E-state index in [9.17, 15) is 22.4 Å². The second-order valence-electron chi connectivity index (χ2n) is 7.58. The summed E-state index contributed by atoms with van der Waals surface area (Å²) in [5.74, 6) is -0.809. The molecule has 4 rings (SSSR count). The van der Waals surface area contributed by atoms with Crippen molar-refractivity contribution in [3.63, 3.8) is 0 Å². The molecule has 0 aliphatic carbocycles. The lowest BCUT2D eigenvalue weighted by atomic mass is 10.2. The molecular formula is C25H20F4N4O. The zero-order chi connectivity index (χ0) is 24.1. The number of aromatic nitrogens is 1. The van der Waals surface area contributed by atoms with Crippen molar-refractivity contribution >= 4 is 28.7 Å². The smallest absolute Gasteiger partial charge is 0.376 e. The lowest BCUT2D eigenvalue weighted by molar-refractivity contribution is -0.137. The number of fused-ring (bicyclic) bond motifs is 1. The predicted octanol–water partition coefficient (Wildman–Crippen LogP) is 5.41. The summed E-state index contributed by atoms with van der Waals surface area (Å²) in [6.07, 6.45) is -1.07. The van der Waals surface area contributed by atoms with Crippen LogP contribution >= 0.6 is 0 Å². The van der Waals surface area contributed by atoms with E-state index in [1.807, 2.05) is 35.0 Å². The van der Waals surface area contributed by atoms with Crippen molar-refractivity contribution in [2.24, 2.45) is 5.10 Å². The summed E-state index contributed by atoms with van der Waals surface area (Å²) in [6, 6.07) is 18.5. The highest BCUT2D eigenvalue weighted by molar-refractivity contribution is 5.99. The van der Waals surface area contributed by atoms with Gasteiger partial charge in [-0.2, -0.15) is 18.3 Å². The van der Waals surface area contributed by atoms with Gasteiger partial charge in [-0.05, 0) is 42.0 Å². The third kappa shape index (κ3) is 5.61. The number of nitrogens with zero attached hydrogens (tertiary/aromatic N) is 2. The maximum atomic E-state index is 13.2. The number of rotatable bonds is 7. The zero-order valence-electron chi connectivity index (χ0n) is 17.8. The molecule has 3 aromatic carbocycles. The summed E-state index contributed by atoms with van der Waals surface area (Å²) >= 11 is 0. The summed E-state index contributed by atoms with van der Waals surface area (Å²) in [7, 11) is 0. The van der Waals surface area contributed by atoms with Gasteiger partial charge in [0.15, 0.2) is 0 Å². The van der Waals surface area contributed by atoms with E-state index in [0.717, 1.165) is 34.2 Å². The van der Waals surface area contributed by atoms with Crippen molar-refractivity contribution < 1.29 is 22.4 Å². The third-order valence-electron chi connectivity index (χ3n) is 5.12. The molecule has 0 saturated heterocycles. The van der Waals surface area contributed by atoms with Gasteiger partial charge in [0.1, 0.15) is 5.82 Å². The van der Waals surface area contributed by atoms with Crippen molar-refractivity contribution in [2.45, 2.75) is 12.7 Å². The number of alkyl halides is 3. The molecule has 5 nitrogen and oxygen atoms in total. The van der Waals surface area contributed by atoms with Crippen molar-refractivity contribution in [3.05, 3.63) is 102 Å². The van der Waals surface area contributed by atoms with Gasteiger partial charge >= 0.3 is 6.18 Å². The molecule has 1 heterocycles. The van der Waals surface area contributed by atoms with Crippen LogP contribution in [0.15, 0.2) is 84.1 Å². The van der Waals surface area contributed by atoms with Crippen LogP contribution in [0.3, 0.4) is 0 Å². The first-order valence-electron chi connectivity index (χ1n) is 10.3. The molecular weight excluding hydrogens is 448 g/mol. The number of hydrogen-bond donors (Lipinski definition) is 2. The largest absolute Gasteiger partial charge is 0.416 e. The van der Waals surface area contributed by atoms with E-state index in [2.05, 4.69) is 15.8 Å². The predicted molar refractivity (Wildman–Crippen MR) is 123 cm³/mol. The number of amides is 1. The molecule has 9 heteroatoms. The number of benzene rings is 3. The number of carbonyl (C=O) groups excluding carboxylic acids is 1. The summed E-state index contributed by atoms with van der Waals surface area (Å²) in [5, 5.41) is 7.56. The van der Waals surface area contributed by atoms with E-state index in [4.69, 9.17) is 0 Å². The number of halogens is 4. The fourth-order valence-electron chi connectivity index (χ4n) is 3.50. The van der Waals surface area contributed by atoms with Crippen LogP contribution in [-0.4, -0.2) is 23.2 Å². The van der Waals surface area contributed by atoms with Gasteiger partial charge in [-0.1, -0.05) is 36.4 Å². The molecule has 0 aliphatic heterocycles. The van der Waals surface area contributed by atoms with Crippen LogP contribution in [0, 0.1) is 5.82 Å². The monoisotopic (exact) mass is 468 g/mol. The Morgan fingerprint density at radius 3 is 2.53 bits per heavy atom. The van der Waals surface area contributed by atoms with Crippen molar-refractivity contribution in [2.75, 3.05) is 11.9 Å². The second kappa shape index (κ2) is 9.78. The molecule has 1 aromatic heterocycles. The first-order valence-corrected chi connectivity index (χ1v) is 10.3. The number of carbonyl (C=O) groups is 1. The Hall–Kier alpha value is -4.14. The molecule has 0 saturated carbocycles. The third-order valence-corrected chi connectivity index (χ3v) is 5.12. The molecule has 0 atom stereocenters. The van der Waals surface area contributed by atoms with Gasteiger partial charge in [0.2, 0.25) is 0 Å². The topological polar surface area (TPSA) is 58.4 Å². The van der Waals surface area contributed by atoms with Crippen molar-refractivity contribution in [3.8, 4) is 0 Å². The summed E-state index contributed by atoms with van der Waals surface area (Å²) in [6.45, 7) is 0.285. The Bertz CT molecular complexity index is 1330. The van der Waals surface area contributed by atoms with Gasteiger partial charge in [0.25, 0.3) is 5.91 Å². The Morgan fingerprint density at radius 1 is 1.00 bits per heavy atom. The average molecular weight is 468 g/mol. The fraction of sp³-hybridized carbons (Fsp3) is 0.120. The highest BCUT2D eigenvalue weighted by Gasteiger charge is 2.30. The van der Waals surface area contributed by atoms with Crippen molar-refractivity contribution in [1.29, 1.82) is 0 Å². The Morgan fingerprint density at radius 2 is 1.76 bits per heavy atom. The summed E-state index contributed by atoms with van der Waals surface area (Å²) in [5.41, 5.74) is 4.40. The van der Waals surface area contributed by atoms with Crippen LogP contribution in [-0.2, 0) is 17.5 Å². The molecule has 4 aromatic rings. The Labute approximate surface area is 192 Å². The quantitative estimate of drug-likeness (QED) is 0.217. The van der Waals surface area contributed by atoms with Gasteiger partial charge in [-0.15, -0.1) is 0 Å². The van der Waals surface area contributed by atoms with Crippen LogP contribution in [0.25, 0.3) is 10.9 Å². The first kappa shape index (κ1) is 23.0. The summed E-state index contributed by atoms with van der Waals surface area (Å²) in [4.78, 5) is 12.1. The van der Waals surface area contributed by atoms with E-state index in [1.165, 1.54) is 30.5 Å². The van der Waals surface area contributed by atoms with Crippen molar-refractivity contribution in [1.82, 2.24) is 9.99 Å². The Kier molecular flexibility index (Phi) is 6.62. The van der Waals surface area contributed by atoms with Crippen LogP contribution in [0.4, 0.5) is 23.2 Å². The minimum atomic E-state index is -4.46. The zero-order valence-corrected chi connectivity index (χ0v) is 17.8. The number of anilines is 1. The van der Waals surface area contributed by atoms with Gasteiger partial charge < -0.3 is 9.88 Å². The van der Waals surface area contributed by atoms with E-state index < -0.39 is 17.6 Å². The highest BCUT2D eigenvalue weighted by atomic mass is 19.4. The molecule has 2 N–H and O–H groups in total. The summed E-state index contributed by atoms with van der Waals surface area (Å²) < 4.78 is 53.6. The van der Waals surface area contributed by atoms with Crippen LogP contribution < -0.4 is 10.7 Å². The van der Waals surface area contributed by atoms with Gasteiger partial charge in [-0.3, -0.25) is 4.79 Å². The first-order chi connectivity index (χ1) is 16.3.